The first-order valence-corrected chi connectivity index (χ1v) is 5.33. The zero-order valence-electron chi connectivity index (χ0n) is 9.55. The predicted molar refractivity (Wildman–Crippen MR) is 64.2 cm³/mol. The van der Waals surface area contributed by atoms with Gasteiger partial charge >= 0.3 is 5.97 Å². The number of hydrogen-bond acceptors (Lipinski definition) is 7. The van der Waals surface area contributed by atoms with Gasteiger partial charge in [0.25, 0.3) is 0 Å². The highest BCUT2D eigenvalue weighted by molar-refractivity contribution is 6.02. The molecule has 0 bridgehead atoms. The minimum atomic E-state index is -0.886. The number of nitrogens with one attached hydrogen (secondary N) is 2. The molecule has 0 radical (unpaired) electrons. The second-order valence-corrected chi connectivity index (χ2v) is 3.71. The maximum Gasteiger partial charge on any atom is 0.305 e. The number of carboxylic acid groups (broad SMARTS) is 1. The van der Waals surface area contributed by atoms with E-state index in [1.54, 1.807) is 4.90 Å². The molecule has 1 aromatic heterocycles. The Morgan fingerprint density at radius 3 is 3.06 bits per heavy atom. The highest BCUT2D eigenvalue weighted by Crippen LogP contribution is 2.23. The van der Waals surface area contributed by atoms with Gasteiger partial charge in [0.1, 0.15) is 19.1 Å². The standard InChI is InChI=1S/C9H14N6O3/c10-9-13-6-7(12-4-16)11-3-15(8(6)14-9)2-1-5(17)18/h16H,1-4H2,(H,11,12)(H,17,18)(H3,10,13,14). The van der Waals surface area contributed by atoms with E-state index in [0.29, 0.717) is 23.9 Å². The molecule has 18 heavy (non-hydrogen) atoms. The lowest BCUT2D eigenvalue weighted by atomic mass is 10.3. The Bertz CT molecular complexity index is 483. The Labute approximate surface area is 102 Å². The van der Waals surface area contributed by atoms with Gasteiger partial charge in [-0.1, -0.05) is 0 Å². The van der Waals surface area contributed by atoms with E-state index in [1.165, 1.54) is 0 Å². The smallest absolute Gasteiger partial charge is 0.305 e. The lowest BCUT2D eigenvalue weighted by Crippen LogP contribution is -2.37. The molecule has 0 saturated carbocycles. The van der Waals surface area contributed by atoms with Gasteiger partial charge in [0.05, 0.1) is 6.42 Å². The SMILES string of the molecule is Nc1nc2c([nH]1)C(NCO)=NCN2CCC(=O)O. The van der Waals surface area contributed by atoms with Crippen molar-refractivity contribution in [3.63, 3.8) is 0 Å². The van der Waals surface area contributed by atoms with Crippen molar-refractivity contribution in [1.82, 2.24) is 15.3 Å². The van der Waals surface area contributed by atoms with E-state index < -0.39 is 5.97 Å². The van der Waals surface area contributed by atoms with Crippen LogP contribution in [-0.4, -0.2) is 51.9 Å². The van der Waals surface area contributed by atoms with Crippen molar-refractivity contribution in [3.8, 4) is 0 Å². The number of imidazole rings is 1. The van der Waals surface area contributed by atoms with Crippen LogP contribution in [0, 0.1) is 0 Å². The average molecular weight is 254 g/mol. The molecule has 0 unspecified atom stereocenters. The van der Waals surface area contributed by atoms with Gasteiger partial charge < -0.3 is 31.1 Å². The van der Waals surface area contributed by atoms with Gasteiger partial charge in [-0.2, -0.15) is 4.98 Å². The van der Waals surface area contributed by atoms with E-state index in [4.69, 9.17) is 15.9 Å². The number of nitrogen functional groups attached to an aromatic ring is 1. The maximum atomic E-state index is 10.6. The maximum absolute atomic E-state index is 10.6. The Balaban J connectivity index is 2.21. The molecule has 1 aliphatic heterocycles. The normalized spacial score (nSPS) is 14.1. The second kappa shape index (κ2) is 4.92. The summed E-state index contributed by atoms with van der Waals surface area (Å²) in [5, 5.41) is 20.2. The fraction of sp³-hybridized carbons (Fsp3) is 0.444. The number of nitrogens with two attached hydrogens (primary N) is 1. The number of amidine groups is 1. The first-order valence-electron chi connectivity index (χ1n) is 5.33. The molecule has 0 aromatic carbocycles. The number of rotatable bonds is 4. The predicted octanol–water partition coefficient (Wildman–Crippen LogP) is -1.47. The summed E-state index contributed by atoms with van der Waals surface area (Å²) in [6.45, 7) is 0.307. The van der Waals surface area contributed by atoms with Gasteiger partial charge in [0, 0.05) is 6.54 Å². The summed E-state index contributed by atoms with van der Waals surface area (Å²) in [6, 6.07) is 0. The number of aliphatic hydroxyl groups is 1. The van der Waals surface area contributed by atoms with Crippen molar-refractivity contribution in [1.29, 1.82) is 0 Å². The Morgan fingerprint density at radius 2 is 2.39 bits per heavy atom. The van der Waals surface area contributed by atoms with Crippen molar-refractivity contribution in [3.05, 3.63) is 5.69 Å². The number of carbonyl (C=O) groups is 1. The van der Waals surface area contributed by atoms with E-state index in [0.717, 1.165) is 0 Å². The minimum absolute atomic E-state index is 0.00944. The third kappa shape index (κ3) is 2.35. The largest absolute Gasteiger partial charge is 0.481 e. The number of aliphatic hydroxyl groups excluding tert-OH is 1. The number of aliphatic carboxylic acids is 1. The van der Waals surface area contributed by atoms with E-state index in [-0.39, 0.29) is 25.8 Å². The Kier molecular flexibility index (Phi) is 3.33. The number of carboxylic acids is 1. The zero-order valence-corrected chi connectivity index (χ0v) is 9.55. The van der Waals surface area contributed by atoms with Crippen LogP contribution in [0.15, 0.2) is 4.99 Å². The minimum Gasteiger partial charge on any atom is -0.481 e. The number of fused-ring (bicyclic) bond motifs is 1. The highest BCUT2D eigenvalue weighted by Gasteiger charge is 2.24. The van der Waals surface area contributed by atoms with E-state index in [1.807, 2.05) is 0 Å². The van der Waals surface area contributed by atoms with Crippen LogP contribution in [0.25, 0.3) is 0 Å². The fourth-order valence-corrected chi connectivity index (χ4v) is 1.70. The summed E-state index contributed by atoms with van der Waals surface area (Å²) in [4.78, 5) is 23.4. The van der Waals surface area contributed by atoms with Crippen molar-refractivity contribution in [2.24, 2.45) is 4.99 Å². The summed E-state index contributed by atoms with van der Waals surface area (Å²) >= 11 is 0. The Hall–Kier alpha value is -2.29. The third-order valence-electron chi connectivity index (χ3n) is 2.48. The second-order valence-electron chi connectivity index (χ2n) is 3.71. The van der Waals surface area contributed by atoms with Gasteiger partial charge in [0.2, 0.25) is 0 Å². The van der Waals surface area contributed by atoms with Crippen molar-refractivity contribution in [2.45, 2.75) is 6.42 Å². The molecule has 98 valence electrons. The molecule has 2 rings (SSSR count). The van der Waals surface area contributed by atoms with Crippen LogP contribution in [0.1, 0.15) is 12.1 Å². The van der Waals surface area contributed by atoms with Gasteiger partial charge in [-0.15, -0.1) is 0 Å². The molecule has 0 aliphatic carbocycles. The molecule has 0 amide bonds. The third-order valence-corrected chi connectivity index (χ3v) is 2.48. The number of hydrogen-bond donors (Lipinski definition) is 5. The molecule has 0 saturated heterocycles. The van der Waals surface area contributed by atoms with Gasteiger partial charge in [0.15, 0.2) is 17.6 Å². The van der Waals surface area contributed by atoms with Crippen molar-refractivity contribution < 1.29 is 15.0 Å². The molecule has 2 heterocycles. The first kappa shape index (κ1) is 12.2. The van der Waals surface area contributed by atoms with Crippen LogP contribution < -0.4 is 16.0 Å². The topological polar surface area (TPSA) is 140 Å². The van der Waals surface area contributed by atoms with Crippen LogP contribution >= 0.6 is 0 Å². The first-order chi connectivity index (χ1) is 8.61. The molecule has 0 spiro atoms. The van der Waals surface area contributed by atoms with Crippen molar-refractivity contribution in [2.75, 3.05) is 30.6 Å². The molecule has 0 fully saturated rings. The van der Waals surface area contributed by atoms with Crippen LogP contribution in [0.4, 0.5) is 11.8 Å². The fourth-order valence-electron chi connectivity index (χ4n) is 1.70. The summed E-state index contributed by atoms with van der Waals surface area (Å²) in [5.74, 6) is 0.334. The molecule has 0 atom stereocenters. The lowest BCUT2D eigenvalue weighted by Gasteiger charge is -2.25. The quantitative estimate of drug-likeness (QED) is 0.413. The van der Waals surface area contributed by atoms with Crippen LogP contribution in [0.5, 0.6) is 0 Å². The van der Waals surface area contributed by atoms with Gasteiger partial charge in [-0.25, -0.2) is 4.99 Å². The van der Waals surface area contributed by atoms with E-state index in [9.17, 15) is 4.79 Å². The Morgan fingerprint density at radius 1 is 1.61 bits per heavy atom. The van der Waals surface area contributed by atoms with Crippen LogP contribution in [0.2, 0.25) is 0 Å². The lowest BCUT2D eigenvalue weighted by molar-refractivity contribution is -0.136. The van der Waals surface area contributed by atoms with Crippen LogP contribution in [-0.2, 0) is 4.79 Å². The molecule has 9 heteroatoms. The average Bonchev–Trinajstić information content (AvgIpc) is 2.70. The monoisotopic (exact) mass is 254 g/mol. The van der Waals surface area contributed by atoms with Gasteiger partial charge in [-0.05, 0) is 0 Å². The van der Waals surface area contributed by atoms with Crippen molar-refractivity contribution >= 4 is 23.6 Å². The van der Waals surface area contributed by atoms with Crippen LogP contribution in [0.3, 0.4) is 0 Å². The summed E-state index contributed by atoms with van der Waals surface area (Å²) < 4.78 is 0. The number of H-pyrrole nitrogens is 1. The molecule has 6 N–H and O–H groups in total. The molecule has 1 aromatic rings. The molecule has 1 aliphatic rings. The number of aromatic amines is 1. The highest BCUT2D eigenvalue weighted by atomic mass is 16.4. The van der Waals surface area contributed by atoms with Gasteiger partial charge in [-0.3, -0.25) is 4.79 Å². The number of aromatic nitrogens is 2. The van der Waals surface area contributed by atoms with E-state index in [2.05, 4.69) is 20.3 Å². The number of nitrogens with zero attached hydrogens (tertiary/aromatic N) is 3. The number of aliphatic imine (C=N–C) groups is 1. The number of anilines is 2. The zero-order chi connectivity index (χ0) is 13.1. The molecule has 9 nitrogen and oxygen atoms in total. The summed E-state index contributed by atoms with van der Waals surface area (Å²) in [6.07, 6.45) is -0.00944. The molecular weight excluding hydrogens is 240 g/mol. The van der Waals surface area contributed by atoms with E-state index >= 15 is 0 Å². The molecular formula is C9H14N6O3. The summed E-state index contributed by atoms with van der Waals surface area (Å²) in [7, 11) is 0. The summed E-state index contributed by atoms with van der Waals surface area (Å²) in [5.41, 5.74) is 6.13.